The van der Waals surface area contributed by atoms with Crippen molar-refractivity contribution in [3.05, 3.63) is 71.2 Å². The summed E-state index contributed by atoms with van der Waals surface area (Å²) in [7, 11) is 0. The van der Waals surface area contributed by atoms with Crippen molar-refractivity contribution in [3.8, 4) is 0 Å². The largest absolute Gasteiger partial charge is 0.416 e. The number of hydrogen-bond acceptors (Lipinski definition) is 5. The number of aliphatic hydroxyl groups is 1. The minimum absolute atomic E-state index is 0.113. The van der Waals surface area contributed by atoms with E-state index in [4.69, 9.17) is 0 Å². The lowest BCUT2D eigenvalue weighted by molar-refractivity contribution is -0.137. The highest BCUT2D eigenvalue weighted by atomic mass is 19.4. The highest BCUT2D eigenvalue weighted by molar-refractivity contribution is 6.06. The average Bonchev–Trinajstić information content (AvgIpc) is 2.89. The first-order chi connectivity index (χ1) is 18.7. The molecular formula is C29H30F4N4O3. The van der Waals surface area contributed by atoms with Crippen LogP contribution >= 0.6 is 0 Å². The van der Waals surface area contributed by atoms with E-state index in [1.807, 2.05) is 20.8 Å². The average molecular weight is 559 g/mol. The van der Waals surface area contributed by atoms with E-state index >= 15 is 4.39 Å². The number of halogens is 4. The van der Waals surface area contributed by atoms with Crippen LogP contribution in [0.15, 0.2) is 48.7 Å². The molecule has 2 saturated heterocycles. The molecule has 2 fully saturated rings. The van der Waals surface area contributed by atoms with Crippen LogP contribution in [0.2, 0.25) is 0 Å². The fourth-order valence-corrected chi connectivity index (χ4v) is 5.78. The standard InChI is InChI=1S/C29H30F4N4O3/c1-17(18-4-6-19(7-5-18)29(31,32)33)36-13-11-28(40,27(2,3)16-36)22-8-9-23-21(25(22)30)14-20(15-34-23)37-12-10-24(38)35-26(37)39/h4-9,14-15,17,40H,10-13,16H2,1-3H3,(H,35,38,39)/t17-,28+/m1/s1. The van der Waals surface area contributed by atoms with Crippen LogP contribution in [-0.4, -0.2) is 46.6 Å². The third-order valence-electron chi connectivity index (χ3n) is 8.34. The van der Waals surface area contributed by atoms with Gasteiger partial charge in [-0.15, -0.1) is 0 Å². The van der Waals surface area contributed by atoms with Gasteiger partial charge in [0.15, 0.2) is 0 Å². The predicted octanol–water partition coefficient (Wildman–Crippen LogP) is 5.52. The van der Waals surface area contributed by atoms with Gasteiger partial charge in [0.2, 0.25) is 5.91 Å². The van der Waals surface area contributed by atoms with Crippen LogP contribution in [-0.2, 0) is 16.6 Å². The Labute approximate surface area is 228 Å². The molecule has 2 aliphatic heterocycles. The van der Waals surface area contributed by atoms with Crippen molar-refractivity contribution in [2.45, 2.75) is 51.4 Å². The Hall–Kier alpha value is -3.57. The third kappa shape index (κ3) is 4.81. The van der Waals surface area contributed by atoms with Gasteiger partial charge in [0.05, 0.1) is 28.6 Å². The van der Waals surface area contributed by atoms with Gasteiger partial charge in [-0.2, -0.15) is 13.2 Å². The number of hydrogen-bond donors (Lipinski definition) is 2. The van der Waals surface area contributed by atoms with Crippen molar-refractivity contribution >= 4 is 28.5 Å². The number of rotatable bonds is 4. The highest BCUT2D eigenvalue weighted by Gasteiger charge is 2.51. The van der Waals surface area contributed by atoms with Crippen molar-refractivity contribution < 1.29 is 32.3 Å². The summed E-state index contributed by atoms with van der Waals surface area (Å²) in [6.07, 6.45) is -2.67. The second-order valence-electron chi connectivity index (χ2n) is 11.2. The molecule has 5 rings (SSSR count). The van der Waals surface area contributed by atoms with Crippen molar-refractivity contribution in [1.29, 1.82) is 0 Å². The molecule has 212 valence electrons. The maximum atomic E-state index is 16.1. The van der Waals surface area contributed by atoms with Gasteiger partial charge in [-0.25, -0.2) is 9.18 Å². The van der Waals surface area contributed by atoms with E-state index in [2.05, 4.69) is 15.2 Å². The number of urea groups is 1. The number of imide groups is 1. The number of likely N-dealkylation sites (tertiary alicyclic amines) is 1. The summed E-state index contributed by atoms with van der Waals surface area (Å²) in [6.45, 7) is 6.47. The molecule has 3 heterocycles. The summed E-state index contributed by atoms with van der Waals surface area (Å²) < 4.78 is 55.1. The van der Waals surface area contributed by atoms with Gasteiger partial charge < -0.3 is 5.11 Å². The zero-order chi connectivity index (χ0) is 29.0. The summed E-state index contributed by atoms with van der Waals surface area (Å²) in [5, 5.41) is 14.4. The minimum Gasteiger partial charge on any atom is -0.384 e. The number of nitrogens with zero attached hydrogens (tertiary/aromatic N) is 3. The third-order valence-corrected chi connectivity index (χ3v) is 8.34. The molecule has 2 atom stereocenters. The molecule has 7 nitrogen and oxygen atoms in total. The van der Waals surface area contributed by atoms with Crippen LogP contribution in [0, 0.1) is 11.2 Å². The molecule has 3 amide bonds. The molecule has 1 aromatic heterocycles. The topological polar surface area (TPSA) is 85.8 Å². The van der Waals surface area contributed by atoms with Crippen LogP contribution in [0.5, 0.6) is 0 Å². The molecule has 0 aliphatic carbocycles. The fourth-order valence-electron chi connectivity index (χ4n) is 5.78. The van der Waals surface area contributed by atoms with E-state index in [0.29, 0.717) is 29.9 Å². The fraction of sp³-hybridized carbons (Fsp3) is 0.414. The van der Waals surface area contributed by atoms with E-state index in [9.17, 15) is 27.9 Å². The molecular weight excluding hydrogens is 528 g/mol. The first-order valence-corrected chi connectivity index (χ1v) is 13.0. The molecule has 0 bridgehead atoms. The van der Waals surface area contributed by atoms with Gasteiger partial charge in [0.25, 0.3) is 0 Å². The maximum Gasteiger partial charge on any atom is 0.416 e. The number of amides is 3. The molecule has 2 aromatic carbocycles. The SMILES string of the molecule is C[C@H](c1ccc(C(F)(F)F)cc1)N1CC[C@](O)(c2ccc3ncc(N4CCC(=O)NC4=O)cc3c2F)C(C)(C)C1. The van der Waals surface area contributed by atoms with Crippen LogP contribution in [0.4, 0.5) is 28.0 Å². The zero-order valence-corrected chi connectivity index (χ0v) is 22.3. The number of aromatic nitrogens is 1. The normalized spacial score (nSPS) is 22.9. The molecule has 0 saturated carbocycles. The number of carbonyl (C=O) groups is 2. The van der Waals surface area contributed by atoms with Crippen molar-refractivity contribution in [2.75, 3.05) is 24.5 Å². The number of nitrogens with one attached hydrogen (secondary N) is 1. The molecule has 0 unspecified atom stereocenters. The Bertz CT molecular complexity index is 1470. The molecule has 2 N–H and O–H groups in total. The van der Waals surface area contributed by atoms with E-state index in [-0.39, 0.29) is 42.3 Å². The lowest BCUT2D eigenvalue weighted by Gasteiger charge is -2.52. The van der Waals surface area contributed by atoms with Crippen LogP contribution < -0.4 is 10.2 Å². The van der Waals surface area contributed by atoms with Crippen molar-refractivity contribution in [2.24, 2.45) is 5.41 Å². The molecule has 0 radical (unpaired) electrons. The molecule has 0 spiro atoms. The Morgan fingerprint density at radius 3 is 2.40 bits per heavy atom. The van der Waals surface area contributed by atoms with E-state index < -0.39 is 34.6 Å². The summed E-state index contributed by atoms with van der Waals surface area (Å²) in [6, 6.07) is 8.89. The Morgan fingerprint density at radius 1 is 1.07 bits per heavy atom. The van der Waals surface area contributed by atoms with Gasteiger partial charge in [0.1, 0.15) is 5.82 Å². The number of pyridine rings is 1. The van der Waals surface area contributed by atoms with Crippen LogP contribution in [0.3, 0.4) is 0 Å². The quantitative estimate of drug-likeness (QED) is 0.412. The minimum atomic E-state index is -4.41. The lowest BCUT2D eigenvalue weighted by Crippen LogP contribution is -2.56. The van der Waals surface area contributed by atoms with Gasteiger partial charge >= 0.3 is 12.2 Å². The first kappa shape index (κ1) is 28.0. The Kier molecular flexibility index (Phi) is 6.86. The zero-order valence-electron chi connectivity index (χ0n) is 22.3. The van der Waals surface area contributed by atoms with Gasteiger partial charge in [0, 0.05) is 48.5 Å². The summed E-state index contributed by atoms with van der Waals surface area (Å²) in [4.78, 5) is 31.5. The Morgan fingerprint density at radius 2 is 1.77 bits per heavy atom. The van der Waals surface area contributed by atoms with E-state index in [1.54, 1.807) is 6.07 Å². The number of carbonyl (C=O) groups excluding carboxylic acids is 2. The number of alkyl halides is 3. The number of piperidine rings is 1. The monoisotopic (exact) mass is 558 g/mol. The number of anilines is 1. The summed E-state index contributed by atoms with van der Waals surface area (Å²) in [5.41, 5.74) is -1.58. The Balaban J connectivity index is 1.42. The molecule has 3 aromatic rings. The predicted molar refractivity (Wildman–Crippen MR) is 141 cm³/mol. The molecule has 11 heteroatoms. The van der Waals surface area contributed by atoms with Crippen LogP contribution in [0.25, 0.3) is 10.9 Å². The van der Waals surface area contributed by atoms with Crippen LogP contribution in [0.1, 0.15) is 56.3 Å². The van der Waals surface area contributed by atoms with Gasteiger partial charge in [-0.1, -0.05) is 32.0 Å². The van der Waals surface area contributed by atoms with Crippen molar-refractivity contribution in [3.63, 3.8) is 0 Å². The number of benzene rings is 2. The first-order valence-electron chi connectivity index (χ1n) is 13.0. The van der Waals surface area contributed by atoms with Gasteiger partial charge in [-0.05, 0) is 43.2 Å². The van der Waals surface area contributed by atoms with E-state index in [1.165, 1.54) is 35.4 Å². The van der Waals surface area contributed by atoms with Crippen molar-refractivity contribution in [1.82, 2.24) is 15.2 Å². The molecule has 2 aliphatic rings. The summed E-state index contributed by atoms with van der Waals surface area (Å²) in [5.74, 6) is -1.02. The number of fused-ring (bicyclic) bond motifs is 1. The van der Waals surface area contributed by atoms with E-state index in [0.717, 1.165) is 12.1 Å². The second kappa shape index (κ2) is 9.81. The molecule has 40 heavy (non-hydrogen) atoms. The highest BCUT2D eigenvalue weighted by Crippen LogP contribution is 2.49. The smallest absolute Gasteiger partial charge is 0.384 e. The second-order valence-corrected chi connectivity index (χ2v) is 11.2. The maximum absolute atomic E-state index is 16.1. The summed E-state index contributed by atoms with van der Waals surface area (Å²) >= 11 is 0. The van der Waals surface area contributed by atoms with Gasteiger partial charge in [-0.3, -0.25) is 24.9 Å². The lowest BCUT2D eigenvalue weighted by atomic mass is 9.66.